The number of methoxy groups -OCH3 is 2. The van der Waals surface area contributed by atoms with E-state index in [1.807, 2.05) is 6.92 Å². The largest absolute Gasteiger partial charge is 0.497 e. The van der Waals surface area contributed by atoms with Gasteiger partial charge in [-0.1, -0.05) is 6.92 Å². The Morgan fingerprint density at radius 3 is 2.63 bits per heavy atom. The van der Waals surface area contributed by atoms with Crippen LogP contribution >= 0.6 is 0 Å². The number of anilines is 2. The van der Waals surface area contributed by atoms with E-state index in [1.54, 1.807) is 48.1 Å². The van der Waals surface area contributed by atoms with E-state index < -0.39 is 11.8 Å². The van der Waals surface area contributed by atoms with Crippen molar-refractivity contribution in [3.63, 3.8) is 0 Å². The zero-order valence-corrected chi connectivity index (χ0v) is 15.4. The standard InChI is InChI=1S/C19H21N3O5/c1-4-9-22-15-7-5-12(10-17(15)27-19(22)24)20-18(23)21-14-11-13(25-2)6-8-16(14)26-3/h5-8,10-11H,4,9H2,1-3H3,(H2,20,21,23). The molecule has 0 fully saturated rings. The van der Waals surface area contributed by atoms with Crippen LogP contribution in [0.15, 0.2) is 45.6 Å². The maximum Gasteiger partial charge on any atom is 0.419 e. The van der Waals surface area contributed by atoms with Crippen LogP contribution in [0.3, 0.4) is 0 Å². The lowest BCUT2D eigenvalue weighted by atomic mass is 10.2. The Bertz CT molecular complexity index is 1020. The number of carbonyl (C=O) groups is 1. The minimum Gasteiger partial charge on any atom is -0.497 e. The fourth-order valence-electron chi connectivity index (χ4n) is 2.78. The maximum atomic E-state index is 12.3. The number of urea groups is 1. The molecule has 8 nitrogen and oxygen atoms in total. The first kappa shape index (κ1) is 18.4. The number of benzene rings is 2. The second-order valence-electron chi connectivity index (χ2n) is 5.85. The summed E-state index contributed by atoms with van der Waals surface area (Å²) in [5.41, 5.74) is 2.09. The van der Waals surface area contributed by atoms with E-state index in [-0.39, 0.29) is 0 Å². The Kier molecular flexibility index (Phi) is 5.35. The molecule has 0 saturated heterocycles. The SMILES string of the molecule is CCCn1c(=O)oc2cc(NC(=O)Nc3cc(OC)ccc3OC)ccc21. The Morgan fingerprint density at radius 2 is 1.93 bits per heavy atom. The van der Waals surface area contributed by atoms with Crippen molar-refractivity contribution in [1.82, 2.24) is 4.57 Å². The van der Waals surface area contributed by atoms with E-state index in [0.29, 0.717) is 40.5 Å². The first-order valence-corrected chi connectivity index (χ1v) is 8.49. The number of oxazole rings is 1. The predicted molar refractivity (Wildman–Crippen MR) is 103 cm³/mol. The lowest BCUT2D eigenvalue weighted by molar-refractivity contribution is 0.262. The number of amides is 2. The zero-order valence-electron chi connectivity index (χ0n) is 15.4. The van der Waals surface area contributed by atoms with Crippen molar-refractivity contribution in [3.05, 3.63) is 46.9 Å². The molecule has 8 heteroatoms. The maximum absolute atomic E-state index is 12.3. The van der Waals surface area contributed by atoms with Gasteiger partial charge in [-0.3, -0.25) is 4.57 Å². The van der Waals surface area contributed by atoms with Gasteiger partial charge in [0, 0.05) is 24.4 Å². The van der Waals surface area contributed by atoms with Gasteiger partial charge in [-0.05, 0) is 30.7 Å². The lowest BCUT2D eigenvalue weighted by Crippen LogP contribution is -2.19. The van der Waals surface area contributed by atoms with Crippen LogP contribution in [0.4, 0.5) is 16.2 Å². The van der Waals surface area contributed by atoms with Crippen LogP contribution in [-0.2, 0) is 6.54 Å². The van der Waals surface area contributed by atoms with Gasteiger partial charge in [0.05, 0.1) is 25.4 Å². The van der Waals surface area contributed by atoms with Gasteiger partial charge in [0.25, 0.3) is 0 Å². The molecule has 1 aromatic heterocycles. The number of aryl methyl sites for hydroxylation is 1. The van der Waals surface area contributed by atoms with Crippen molar-refractivity contribution < 1.29 is 18.7 Å². The molecule has 2 aromatic carbocycles. The van der Waals surface area contributed by atoms with Crippen LogP contribution in [0.25, 0.3) is 11.1 Å². The molecule has 0 atom stereocenters. The summed E-state index contributed by atoms with van der Waals surface area (Å²) in [7, 11) is 3.06. The number of hydrogen-bond acceptors (Lipinski definition) is 5. The van der Waals surface area contributed by atoms with Gasteiger partial charge < -0.3 is 24.5 Å². The molecule has 0 bridgehead atoms. The van der Waals surface area contributed by atoms with E-state index in [2.05, 4.69) is 10.6 Å². The summed E-state index contributed by atoms with van der Waals surface area (Å²) in [5, 5.41) is 5.43. The van der Waals surface area contributed by atoms with Crippen molar-refractivity contribution in [1.29, 1.82) is 0 Å². The molecule has 0 saturated carbocycles. The summed E-state index contributed by atoms with van der Waals surface area (Å²) < 4.78 is 17.2. The van der Waals surface area contributed by atoms with Crippen LogP contribution < -0.4 is 25.9 Å². The Balaban J connectivity index is 1.79. The number of nitrogens with zero attached hydrogens (tertiary/aromatic N) is 1. The molecule has 3 aromatic rings. The fourth-order valence-corrected chi connectivity index (χ4v) is 2.78. The van der Waals surface area contributed by atoms with Crippen LogP contribution in [-0.4, -0.2) is 24.8 Å². The zero-order chi connectivity index (χ0) is 19.4. The van der Waals surface area contributed by atoms with Crippen molar-refractivity contribution in [2.45, 2.75) is 19.9 Å². The number of hydrogen-bond donors (Lipinski definition) is 2. The summed E-state index contributed by atoms with van der Waals surface area (Å²) >= 11 is 0. The van der Waals surface area contributed by atoms with Crippen LogP contribution in [0.1, 0.15) is 13.3 Å². The summed E-state index contributed by atoms with van der Waals surface area (Å²) in [6.07, 6.45) is 0.819. The molecule has 142 valence electrons. The summed E-state index contributed by atoms with van der Waals surface area (Å²) in [5.74, 6) is 0.685. The Hall–Kier alpha value is -3.42. The molecule has 2 N–H and O–H groups in total. The molecule has 0 aliphatic rings. The lowest BCUT2D eigenvalue weighted by Gasteiger charge is -2.12. The molecule has 27 heavy (non-hydrogen) atoms. The third-order valence-electron chi connectivity index (χ3n) is 4.03. The average molecular weight is 371 g/mol. The molecule has 0 aliphatic carbocycles. The van der Waals surface area contributed by atoms with Crippen LogP contribution in [0, 0.1) is 0 Å². The number of rotatable bonds is 6. The Labute approximate surface area is 155 Å². The van der Waals surface area contributed by atoms with Gasteiger partial charge in [0.1, 0.15) is 11.5 Å². The third-order valence-corrected chi connectivity index (χ3v) is 4.03. The van der Waals surface area contributed by atoms with Gasteiger partial charge >= 0.3 is 11.8 Å². The third kappa shape index (κ3) is 3.89. The molecular weight excluding hydrogens is 350 g/mol. The highest BCUT2D eigenvalue weighted by Crippen LogP contribution is 2.29. The molecule has 0 spiro atoms. The van der Waals surface area contributed by atoms with Gasteiger partial charge in [-0.15, -0.1) is 0 Å². The molecule has 0 radical (unpaired) electrons. The van der Waals surface area contributed by atoms with E-state index in [4.69, 9.17) is 13.9 Å². The topological polar surface area (TPSA) is 94.7 Å². The Morgan fingerprint density at radius 1 is 1.11 bits per heavy atom. The van der Waals surface area contributed by atoms with Crippen molar-refractivity contribution in [2.75, 3.05) is 24.9 Å². The van der Waals surface area contributed by atoms with Gasteiger partial charge in [-0.25, -0.2) is 9.59 Å². The number of nitrogens with one attached hydrogen (secondary N) is 2. The van der Waals surface area contributed by atoms with Crippen LogP contribution in [0.5, 0.6) is 11.5 Å². The quantitative estimate of drug-likeness (QED) is 0.689. The minimum absolute atomic E-state index is 0.408. The summed E-state index contributed by atoms with van der Waals surface area (Å²) in [6.45, 7) is 2.56. The molecule has 0 unspecified atom stereocenters. The second-order valence-corrected chi connectivity index (χ2v) is 5.85. The molecule has 3 rings (SSSR count). The molecule has 0 aliphatic heterocycles. The second kappa shape index (κ2) is 7.86. The summed E-state index contributed by atoms with van der Waals surface area (Å²) in [4.78, 5) is 24.2. The fraction of sp³-hybridized carbons (Fsp3) is 0.263. The number of fused-ring (bicyclic) bond motifs is 1. The van der Waals surface area contributed by atoms with Crippen molar-refractivity contribution >= 4 is 28.5 Å². The van der Waals surface area contributed by atoms with Crippen molar-refractivity contribution in [3.8, 4) is 11.5 Å². The smallest absolute Gasteiger partial charge is 0.419 e. The van der Waals surface area contributed by atoms with E-state index >= 15 is 0 Å². The highest BCUT2D eigenvalue weighted by atomic mass is 16.5. The average Bonchev–Trinajstić information content (AvgIpc) is 2.96. The van der Waals surface area contributed by atoms with Crippen molar-refractivity contribution in [2.24, 2.45) is 0 Å². The van der Waals surface area contributed by atoms with E-state index in [1.165, 1.54) is 7.11 Å². The van der Waals surface area contributed by atoms with Gasteiger partial charge in [-0.2, -0.15) is 0 Å². The van der Waals surface area contributed by atoms with E-state index in [9.17, 15) is 9.59 Å². The normalized spacial score (nSPS) is 10.6. The summed E-state index contributed by atoms with van der Waals surface area (Å²) in [6, 6.07) is 9.71. The minimum atomic E-state index is -0.462. The number of aromatic nitrogens is 1. The molecule has 2 amide bonds. The monoisotopic (exact) mass is 371 g/mol. The predicted octanol–water partition coefficient (Wildman–Crippen LogP) is 3.67. The first-order chi connectivity index (χ1) is 13.0. The van der Waals surface area contributed by atoms with Gasteiger partial charge in [0.2, 0.25) is 0 Å². The number of carbonyl (C=O) groups excluding carboxylic acids is 1. The molecular formula is C19H21N3O5. The number of ether oxygens (including phenoxy) is 2. The molecule has 1 heterocycles. The van der Waals surface area contributed by atoms with E-state index in [0.717, 1.165) is 6.42 Å². The highest BCUT2D eigenvalue weighted by molar-refractivity contribution is 6.01. The first-order valence-electron chi connectivity index (χ1n) is 8.49. The van der Waals surface area contributed by atoms with Gasteiger partial charge in [0.15, 0.2) is 5.58 Å². The highest BCUT2D eigenvalue weighted by Gasteiger charge is 2.12. The van der Waals surface area contributed by atoms with Crippen LogP contribution in [0.2, 0.25) is 0 Å².